The van der Waals surface area contributed by atoms with Gasteiger partial charge in [0, 0.05) is 12.6 Å². The zero-order chi connectivity index (χ0) is 13.2. The van der Waals surface area contributed by atoms with Crippen molar-refractivity contribution in [1.82, 2.24) is 5.32 Å². The molecule has 0 aromatic heterocycles. The van der Waals surface area contributed by atoms with Crippen LogP contribution in [-0.4, -0.2) is 19.9 Å². The average Bonchev–Trinajstić information content (AvgIpc) is 3.09. The molecule has 1 aliphatic heterocycles. The van der Waals surface area contributed by atoms with Gasteiger partial charge in [-0.1, -0.05) is 12.8 Å². The third-order valence-corrected chi connectivity index (χ3v) is 3.76. The van der Waals surface area contributed by atoms with E-state index in [0.29, 0.717) is 6.04 Å². The van der Waals surface area contributed by atoms with Crippen molar-refractivity contribution in [3.8, 4) is 17.2 Å². The van der Waals surface area contributed by atoms with Crippen molar-refractivity contribution < 1.29 is 14.2 Å². The summed E-state index contributed by atoms with van der Waals surface area (Å²) in [5.41, 5.74) is 1.17. The molecule has 19 heavy (non-hydrogen) atoms. The first-order chi connectivity index (χ1) is 9.26. The van der Waals surface area contributed by atoms with Gasteiger partial charge in [-0.05, 0) is 37.0 Å². The largest absolute Gasteiger partial charge is 0.493 e. The Morgan fingerprint density at radius 3 is 2.95 bits per heavy atom. The van der Waals surface area contributed by atoms with Crippen LogP contribution >= 0.6 is 0 Å². The van der Waals surface area contributed by atoms with Gasteiger partial charge < -0.3 is 19.5 Å². The fourth-order valence-electron chi connectivity index (χ4n) is 2.51. The van der Waals surface area contributed by atoms with Crippen molar-refractivity contribution in [3.05, 3.63) is 17.7 Å². The third-order valence-electron chi connectivity index (χ3n) is 3.76. The molecule has 1 unspecified atom stereocenters. The second kappa shape index (κ2) is 5.29. The maximum atomic E-state index is 5.43. The molecule has 0 bridgehead atoms. The monoisotopic (exact) mass is 263 g/mol. The Kier molecular flexibility index (Phi) is 3.51. The highest BCUT2D eigenvalue weighted by Crippen LogP contribution is 2.41. The van der Waals surface area contributed by atoms with Gasteiger partial charge in [-0.3, -0.25) is 0 Å². The van der Waals surface area contributed by atoms with Crippen molar-refractivity contribution in [2.24, 2.45) is 5.92 Å². The molecule has 1 aromatic carbocycles. The van der Waals surface area contributed by atoms with Gasteiger partial charge in [0.15, 0.2) is 11.5 Å². The van der Waals surface area contributed by atoms with Crippen LogP contribution in [0.25, 0.3) is 0 Å². The van der Waals surface area contributed by atoms with E-state index in [4.69, 9.17) is 14.2 Å². The highest BCUT2D eigenvalue weighted by Gasteiger charge is 2.24. The first-order valence-corrected chi connectivity index (χ1v) is 6.96. The van der Waals surface area contributed by atoms with E-state index >= 15 is 0 Å². The SMILES string of the molecule is COc1cc(CNC(C)CC2CC2)cc2c1OCO2. The maximum Gasteiger partial charge on any atom is 0.231 e. The van der Waals surface area contributed by atoms with E-state index in [1.807, 2.05) is 12.1 Å². The van der Waals surface area contributed by atoms with E-state index in [1.165, 1.54) is 24.8 Å². The van der Waals surface area contributed by atoms with Crippen LogP contribution in [0.5, 0.6) is 17.2 Å². The van der Waals surface area contributed by atoms with Gasteiger partial charge in [0.1, 0.15) is 0 Å². The molecule has 1 heterocycles. The Hall–Kier alpha value is -1.42. The van der Waals surface area contributed by atoms with Gasteiger partial charge in [0.05, 0.1) is 7.11 Å². The van der Waals surface area contributed by atoms with Crippen molar-refractivity contribution in [3.63, 3.8) is 0 Å². The number of hydrogen-bond donors (Lipinski definition) is 1. The Morgan fingerprint density at radius 1 is 1.37 bits per heavy atom. The zero-order valence-electron chi connectivity index (χ0n) is 11.6. The molecule has 3 rings (SSSR count). The molecule has 0 saturated heterocycles. The third kappa shape index (κ3) is 2.95. The van der Waals surface area contributed by atoms with Crippen LogP contribution in [0.1, 0.15) is 31.7 Å². The number of fused-ring (bicyclic) bond motifs is 1. The lowest BCUT2D eigenvalue weighted by molar-refractivity contribution is 0.171. The maximum absolute atomic E-state index is 5.43. The Balaban J connectivity index is 1.63. The molecular weight excluding hydrogens is 242 g/mol. The summed E-state index contributed by atoms with van der Waals surface area (Å²) in [6, 6.07) is 4.61. The lowest BCUT2D eigenvalue weighted by atomic mass is 10.1. The second-order valence-corrected chi connectivity index (χ2v) is 5.49. The molecule has 1 saturated carbocycles. The summed E-state index contributed by atoms with van der Waals surface area (Å²) in [6.45, 7) is 3.37. The summed E-state index contributed by atoms with van der Waals surface area (Å²) in [4.78, 5) is 0. The molecule has 4 nitrogen and oxygen atoms in total. The molecule has 0 radical (unpaired) electrons. The lowest BCUT2D eigenvalue weighted by Gasteiger charge is -2.14. The summed E-state index contributed by atoms with van der Waals surface area (Å²) in [7, 11) is 1.66. The first-order valence-electron chi connectivity index (χ1n) is 6.96. The van der Waals surface area contributed by atoms with E-state index in [-0.39, 0.29) is 6.79 Å². The highest BCUT2D eigenvalue weighted by atomic mass is 16.7. The van der Waals surface area contributed by atoms with Crippen LogP contribution in [-0.2, 0) is 6.54 Å². The minimum atomic E-state index is 0.278. The van der Waals surface area contributed by atoms with Gasteiger partial charge in [0.25, 0.3) is 0 Å². The zero-order valence-corrected chi connectivity index (χ0v) is 11.6. The lowest BCUT2D eigenvalue weighted by Crippen LogP contribution is -2.25. The van der Waals surface area contributed by atoms with Crippen LogP contribution in [0.2, 0.25) is 0 Å². The second-order valence-electron chi connectivity index (χ2n) is 5.49. The molecule has 1 N–H and O–H groups in total. The van der Waals surface area contributed by atoms with Crippen LogP contribution in [0.15, 0.2) is 12.1 Å². The van der Waals surface area contributed by atoms with Crippen LogP contribution < -0.4 is 19.5 Å². The number of benzene rings is 1. The minimum absolute atomic E-state index is 0.278. The molecule has 104 valence electrons. The fourth-order valence-corrected chi connectivity index (χ4v) is 2.51. The summed E-state index contributed by atoms with van der Waals surface area (Å²) in [6.07, 6.45) is 4.09. The van der Waals surface area contributed by atoms with E-state index < -0.39 is 0 Å². The normalized spacial score (nSPS) is 18.4. The Morgan fingerprint density at radius 2 is 2.21 bits per heavy atom. The van der Waals surface area contributed by atoms with Crippen molar-refractivity contribution in [1.29, 1.82) is 0 Å². The fraction of sp³-hybridized carbons (Fsp3) is 0.600. The van der Waals surface area contributed by atoms with Gasteiger partial charge in [-0.2, -0.15) is 0 Å². The average molecular weight is 263 g/mol. The molecule has 1 atom stereocenters. The van der Waals surface area contributed by atoms with E-state index in [9.17, 15) is 0 Å². The number of hydrogen-bond acceptors (Lipinski definition) is 4. The molecule has 1 fully saturated rings. The van der Waals surface area contributed by atoms with Crippen LogP contribution in [0.3, 0.4) is 0 Å². The van der Waals surface area contributed by atoms with Gasteiger partial charge in [0.2, 0.25) is 12.5 Å². The summed E-state index contributed by atoms with van der Waals surface area (Å²) < 4.78 is 16.2. The Bertz CT molecular complexity index is 457. The van der Waals surface area contributed by atoms with Crippen molar-refractivity contribution in [2.45, 2.75) is 38.8 Å². The smallest absolute Gasteiger partial charge is 0.231 e. The highest BCUT2D eigenvalue weighted by molar-refractivity contribution is 5.55. The molecule has 0 amide bonds. The summed E-state index contributed by atoms with van der Waals surface area (Å²) in [5.74, 6) is 3.21. The number of ether oxygens (including phenoxy) is 3. The quantitative estimate of drug-likeness (QED) is 0.856. The predicted octanol–water partition coefficient (Wildman–Crippen LogP) is 2.70. The minimum Gasteiger partial charge on any atom is -0.493 e. The Labute approximate surface area is 114 Å². The molecule has 1 aromatic rings. The van der Waals surface area contributed by atoms with Gasteiger partial charge in [-0.15, -0.1) is 0 Å². The van der Waals surface area contributed by atoms with Crippen LogP contribution in [0, 0.1) is 5.92 Å². The van der Waals surface area contributed by atoms with E-state index in [0.717, 1.165) is 29.7 Å². The number of nitrogens with one attached hydrogen (secondary N) is 1. The number of methoxy groups -OCH3 is 1. The van der Waals surface area contributed by atoms with Gasteiger partial charge >= 0.3 is 0 Å². The van der Waals surface area contributed by atoms with Gasteiger partial charge in [-0.25, -0.2) is 0 Å². The topological polar surface area (TPSA) is 39.7 Å². The van der Waals surface area contributed by atoms with E-state index in [2.05, 4.69) is 12.2 Å². The van der Waals surface area contributed by atoms with Crippen molar-refractivity contribution >= 4 is 0 Å². The molecule has 1 aliphatic carbocycles. The molecular formula is C15H21NO3. The van der Waals surface area contributed by atoms with Crippen LogP contribution in [0.4, 0.5) is 0 Å². The molecule has 0 spiro atoms. The van der Waals surface area contributed by atoms with Crippen molar-refractivity contribution in [2.75, 3.05) is 13.9 Å². The number of rotatable bonds is 6. The molecule has 4 heteroatoms. The molecule has 2 aliphatic rings. The predicted molar refractivity (Wildman–Crippen MR) is 72.8 cm³/mol. The first kappa shape index (κ1) is 12.6. The summed E-state index contributed by atoms with van der Waals surface area (Å²) >= 11 is 0. The van der Waals surface area contributed by atoms with E-state index in [1.54, 1.807) is 7.11 Å². The summed E-state index contributed by atoms with van der Waals surface area (Å²) in [5, 5.41) is 3.56. The standard InChI is InChI=1S/C15H21NO3/c1-10(5-11-3-4-11)16-8-12-6-13(17-2)15-14(7-12)18-9-19-15/h6-7,10-11,16H,3-5,8-9H2,1-2H3.